The van der Waals surface area contributed by atoms with Gasteiger partial charge in [0.05, 0.1) is 80.9 Å². The number of hydrogen-bond donors (Lipinski definition) is 0. The summed E-state index contributed by atoms with van der Waals surface area (Å²) in [5, 5.41) is 12.6. The van der Waals surface area contributed by atoms with E-state index in [-0.39, 0.29) is 46.1 Å². The van der Waals surface area contributed by atoms with E-state index in [1.807, 2.05) is 48.5 Å². The van der Waals surface area contributed by atoms with Crippen molar-refractivity contribution in [2.45, 2.75) is 52.4 Å². The number of nitrogens with zero attached hydrogens (tertiary/aromatic N) is 4. The molecular weight excluding hydrogens is 1150 g/mol. The van der Waals surface area contributed by atoms with Crippen LogP contribution in [-0.4, -0.2) is 8.80 Å². The lowest BCUT2D eigenvalue weighted by Crippen LogP contribution is -2.12. The molecule has 0 aliphatic heterocycles. The minimum Gasteiger partial charge on any atom is -0.308 e. The van der Waals surface area contributed by atoms with Crippen LogP contribution < -0.4 is 9.80 Å². The highest BCUT2D eigenvalue weighted by molar-refractivity contribution is 7.26. The van der Waals surface area contributed by atoms with Crippen molar-refractivity contribution < 1.29 is 13.7 Å². The van der Waals surface area contributed by atoms with Crippen LogP contribution in [0.1, 0.15) is 66.4 Å². The van der Waals surface area contributed by atoms with E-state index >= 15 is 0 Å². The molecule has 0 unspecified atom stereocenters. The Morgan fingerprint density at radius 2 is 0.663 bits per heavy atom. The van der Waals surface area contributed by atoms with E-state index in [1.165, 1.54) is 0 Å². The van der Waals surface area contributed by atoms with E-state index in [0.717, 1.165) is 150 Å². The topological polar surface area (TPSA) is 15.3 Å². The molecule has 0 spiro atoms. The van der Waals surface area contributed by atoms with E-state index in [4.69, 9.17) is 8.22 Å². The van der Waals surface area contributed by atoms with E-state index in [2.05, 4.69) is 218 Å². The van der Waals surface area contributed by atoms with Gasteiger partial charge in [-0.15, -0.1) is 22.7 Å². The number of fused-ring (bicyclic) bond motifs is 18. The first-order valence-corrected chi connectivity index (χ1v) is 32.9. The molecule has 0 N–H and O–H groups in total. The molecule has 0 aliphatic rings. The fourth-order valence-electron chi connectivity index (χ4n) is 15.4. The molecular formula is C86H62N4S2. The lowest BCUT2D eigenvalue weighted by Gasteiger charge is -2.29. The van der Waals surface area contributed by atoms with E-state index in [1.54, 1.807) is 22.7 Å². The van der Waals surface area contributed by atoms with Gasteiger partial charge < -0.3 is 18.6 Å². The van der Waals surface area contributed by atoms with Crippen molar-refractivity contribution in [3.05, 3.63) is 278 Å². The minimum atomic E-state index is -0.448. The second-order valence-electron chi connectivity index (χ2n) is 26.4. The molecule has 0 bridgehead atoms. The molecule has 0 fully saturated rings. The third kappa shape index (κ3) is 7.50. The molecule has 6 aromatic heterocycles. The fourth-order valence-corrected chi connectivity index (χ4v) is 17.7. The summed E-state index contributed by atoms with van der Waals surface area (Å²) in [6.45, 7) is 13.6. The van der Waals surface area contributed by atoms with Gasteiger partial charge in [-0.25, -0.2) is 0 Å². The predicted molar refractivity (Wildman–Crippen MR) is 399 cm³/mol. The van der Waals surface area contributed by atoms with Crippen LogP contribution in [0.3, 0.4) is 0 Å². The van der Waals surface area contributed by atoms with Crippen molar-refractivity contribution in [2.75, 3.05) is 9.80 Å². The van der Waals surface area contributed by atoms with Gasteiger partial charge in [-0.1, -0.05) is 235 Å². The fraction of sp³-hybridized carbons (Fsp3) is 0.0930. The van der Waals surface area contributed by atoms with Gasteiger partial charge in [-0.2, -0.15) is 0 Å². The van der Waals surface area contributed by atoms with Crippen LogP contribution in [-0.2, 0) is 10.8 Å². The molecule has 19 aromatic rings. The summed E-state index contributed by atoms with van der Waals surface area (Å²) in [4.78, 5) is 4.57. The standard InChI is InChI=1S/C86H62N4S2/c1-85(2,3)63-35-21-33-59-79-69(87(65-37-17-13-29-53(65)51-25-9-7-10-26-51)67-39-23-43-75-77(67)57-31-15-19-41-73(57)91-75)47-45-55-61-50-72-62(49-71(61)89(81(59)63)83(55)79)56-46-48-70(80-60-34-22-36-64(86(4,5)6)82(60)90(72)84(56)80)88(66-38-18-14-30-54(66)52-27-11-8-12-28-52)68-40-24-44-76-78(68)58-32-16-20-42-74(58)92-76/h7-50H,1-6H3/i7D,8D,9D,10D,11D,12D,25D,26D,27D,28D. The Hall–Kier alpha value is -10.5. The van der Waals surface area contributed by atoms with Gasteiger partial charge in [-0.05, 0) is 106 Å². The van der Waals surface area contributed by atoms with Gasteiger partial charge >= 0.3 is 0 Å². The molecule has 0 amide bonds. The maximum atomic E-state index is 9.47. The first kappa shape index (κ1) is 44.0. The van der Waals surface area contributed by atoms with Crippen molar-refractivity contribution >= 4 is 173 Å². The normalized spacial score (nSPS) is 14.2. The maximum absolute atomic E-state index is 9.47. The monoisotopic (exact) mass is 1220 g/mol. The van der Waals surface area contributed by atoms with E-state index < -0.39 is 36.3 Å². The van der Waals surface area contributed by atoms with Crippen molar-refractivity contribution in [3.8, 4) is 22.3 Å². The van der Waals surface area contributed by atoms with Crippen LogP contribution in [0.2, 0.25) is 0 Å². The first-order chi connectivity index (χ1) is 49.1. The molecule has 92 heavy (non-hydrogen) atoms. The molecule has 19 rings (SSSR count). The summed E-state index contributed by atoms with van der Waals surface area (Å²) in [7, 11) is 0. The van der Waals surface area contributed by atoms with Gasteiger partial charge in [0.2, 0.25) is 0 Å². The Balaban J connectivity index is 0.948. The van der Waals surface area contributed by atoms with Crippen molar-refractivity contribution in [3.63, 3.8) is 0 Å². The minimum absolute atomic E-state index is 0.119. The molecule has 438 valence electrons. The van der Waals surface area contributed by atoms with Gasteiger partial charge in [0, 0.05) is 94.6 Å². The molecule has 6 heteroatoms. The largest absolute Gasteiger partial charge is 0.308 e. The average molecular weight is 1230 g/mol. The molecule has 0 saturated carbocycles. The molecule has 6 heterocycles. The number of thiophene rings is 2. The van der Waals surface area contributed by atoms with Crippen molar-refractivity contribution in [2.24, 2.45) is 0 Å². The van der Waals surface area contributed by atoms with Gasteiger partial charge in [0.1, 0.15) is 0 Å². The van der Waals surface area contributed by atoms with Crippen LogP contribution in [0.15, 0.2) is 267 Å². The smallest absolute Gasteiger partial charge is 0.0641 e. The molecule has 0 saturated heterocycles. The van der Waals surface area contributed by atoms with E-state index in [9.17, 15) is 5.48 Å². The summed E-state index contributed by atoms with van der Waals surface area (Å²) in [6, 6.07) is 68.8. The van der Waals surface area contributed by atoms with Crippen LogP contribution >= 0.6 is 22.7 Å². The van der Waals surface area contributed by atoms with Gasteiger partial charge in [0.15, 0.2) is 0 Å². The Labute approximate surface area is 555 Å². The quantitative estimate of drug-likeness (QED) is 0.151. The summed E-state index contributed by atoms with van der Waals surface area (Å²) in [6.07, 6.45) is 0. The Kier molecular flexibility index (Phi) is 9.34. The third-order valence-corrected chi connectivity index (χ3v) is 21.4. The summed E-state index contributed by atoms with van der Waals surface area (Å²) in [5.41, 5.74) is 14.0. The number of aromatic nitrogens is 2. The number of benzene rings is 13. The van der Waals surface area contributed by atoms with Crippen molar-refractivity contribution in [1.29, 1.82) is 0 Å². The summed E-state index contributed by atoms with van der Waals surface area (Å²) < 4.78 is 101. The number of rotatable bonds is 8. The third-order valence-electron chi connectivity index (χ3n) is 19.2. The average Bonchev–Trinajstić information content (AvgIpc) is 1.50. The van der Waals surface area contributed by atoms with Crippen molar-refractivity contribution in [1.82, 2.24) is 8.80 Å². The van der Waals surface area contributed by atoms with Crippen LogP contribution in [0, 0.1) is 0 Å². The molecule has 0 radical (unpaired) electrons. The molecule has 0 aliphatic carbocycles. The lowest BCUT2D eigenvalue weighted by molar-refractivity contribution is 0.594. The Bertz CT molecular complexity index is 6420. The highest BCUT2D eigenvalue weighted by Gasteiger charge is 2.34. The molecule has 13 aromatic carbocycles. The Morgan fingerprint density at radius 1 is 0.304 bits per heavy atom. The zero-order chi connectivity index (χ0) is 70.2. The first-order valence-electron chi connectivity index (χ1n) is 36.3. The Morgan fingerprint density at radius 3 is 1.10 bits per heavy atom. The number of hydrogen-bond acceptors (Lipinski definition) is 4. The number of para-hydroxylation sites is 4. The van der Waals surface area contributed by atoms with Gasteiger partial charge in [0.25, 0.3) is 0 Å². The lowest BCUT2D eigenvalue weighted by atomic mass is 9.85. The molecule has 4 nitrogen and oxygen atoms in total. The van der Waals surface area contributed by atoms with Crippen LogP contribution in [0.4, 0.5) is 34.1 Å². The number of anilines is 6. The zero-order valence-electron chi connectivity index (χ0n) is 61.2. The second-order valence-corrected chi connectivity index (χ2v) is 28.5. The van der Waals surface area contributed by atoms with Crippen LogP contribution in [0.25, 0.3) is 139 Å². The highest BCUT2D eigenvalue weighted by atomic mass is 32.1. The zero-order valence-corrected chi connectivity index (χ0v) is 52.9. The van der Waals surface area contributed by atoms with Gasteiger partial charge in [-0.3, -0.25) is 0 Å². The summed E-state index contributed by atoms with van der Waals surface area (Å²) in [5.74, 6) is 0. The summed E-state index contributed by atoms with van der Waals surface area (Å²) >= 11 is 3.46. The van der Waals surface area contributed by atoms with E-state index in [0.29, 0.717) is 22.5 Å². The highest BCUT2D eigenvalue weighted by Crippen LogP contribution is 2.57. The van der Waals surface area contributed by atoms with Crippen LogP contribution in [0.5, 0.6) is 0 Å². The molecule has 0 atom stereocenters. The SMILES string of the molecule is [2H]c1c([2H])c([2H])c(-c2ccccc2N(c2cccc3sc4ccccc4c23)c2ccc3c4cc5c(cc4n4c6c(C(C)(C)C)cccc6c2c34)c2ccc(N(c3ccccc3-c3c([2H])c([2H])c([2H])c([2H])c3[2H])c3cccc4sc6ccccc6c34)c3c4cccc(C(C)(C)C)c4n5c23)c([2H])c1[2H]. The predicted octanol–water partition coefficient (Wildman–Crippen LogP) is 25.6. The maximum Gasteiger partial charge on any atom is 0.0641 e. The second kappa shape index (κ2) is 19.5.